The minimum Gasteiger partial charge on any atom is -0.349 e. The van der Waals surface area contributed by atoms with Gasteiger partial charge in [0.2, 0.25) is 0 Å². The summed E-state index contributed by atoms with van der Waals surface area (Å²) in [5.41, 5.74) is -0.713. The summed E-state index contributed by atoms with van der Waals surface area (Å²) in [5.74, 6) is 0.450. The number of halogens is 3. The summed E-state index contributed by atoms with van der Waals surface area (Å²) in [4.78, 5) is 6.04. The summed E-state index contributed by atoms with van der Waals surface area (Å²) < 4.78 is 41.9. The standard InChI is InChI=1S/C21H25F3N4S/c22-21(23,24)18-9-4-5-10-19(18)26-20(29)28(15-17-7-2-1-3-8-17)13-6-12-27-14-11-25-16-27/h1-2,4-5,9-11,14,16-17H,3,6-8,12-13,15H2,(H,26,29). The number of para-hydroxylation sites is 1. The van der Waals surface area contributed by atoms with Crippen LogP contribution in [0.25, 0.3) is 0 Å². The van der Waals surface area contributed by atoms with Gasteiger partial charge in [-0.15, -0.1) is 0 Å². The van der Waals surface area contributed by atoms with Gasteiger partial charge in [0.25, 0.3) is 0 Å². The lowest BCUT2D eigenvalue weighted by Crippen LogP contribution is -2.39. The van der Waals surface area contributed by atoms with Crippen molar-refractivity contribution in [3.05, 3.63) is 60.7 Å². The van der Waals surface area contributed by atoms with Gasteiger partial charge in [-0.2, -0.15) is 13.2 Å². The number of hydrogen-bond donors (Lipinski definition) is 1. The molecule has 1 unspecified atom stereocenters. The Morgan fingerprint density at radius 1 is 1.28 bits per heavy atom. The minimum absolute atomic E-state index is 0.00634. The number of allylic oxidation sites excluding steroid dienone is 2. The molecule has 0 saturated heterocycles. The number of hydrogen-bond acceptors (Lipinski definition) is 2. The maximum atomic E-state index is 13.3. The number of aryl methyl sites for hydroxylation is 1. The van der Waals surface area contributed by atoms with Crippen LogP contribution in [-0.4, -0.2) is 32.7 Å². The van der Waals surface area contributed by atoms with Gasteiger partial charge in [-0.25, -0.2) is 4.98 Å². The SMILES string of the molecule is FC(F)(F)c1ccccc1NC(=S)N(CCCn1ccnc1)CC1CC=CCC1. The fraction of sp³-hybridized carbons (Fsp3) is 0.429. The van der Waals surface area contributed by atoms with Crippen molar-refractivity contribution >= 4 is 23.0 Å². The molecule has 1 atom stereocenters. The Morgan fingerprint density at radius 2 is 2.10 bits per heavy atom. The van der Waals surface area contributed by atoms with Gasteiger partial charge >= 0.3 is 6.18 Å². The van der Waals surface area contributed by atoms with Crippen molar-refractivity contribution in [2.24, 2.45) is 5.92 Å². The summed E-state index contributed by atoms with van der Waals surface area (Å²) >= 11 is 5.53. The lowest BCUT2D eigenvalue weighted by atomic mass is 9.94. The van der Waals surface area contributed by atoms with E-state index >= 15 is 0 Å². The molecule has 1 aliphatic rings. The Labute approximate surface area is 174 Å². The summed E-state index contributed by atoms with van der Waals surface area (Å²) in [6.45, 7) is 2.18. The van der Waals surface area contributed by atoms with Crippen molar-refractivity contribution in [3.63, 3.8) is 0 Å². The molecule has 1 heterocycles. The van der Waals surface area contributed by atoms with Gasteiger partial charge in [0.05, 0.1) is 17.6 Å². The second-order valence-corrected chi connectivity index (χ2v) is 7.61. The van der Waals surface area contributed by atoms with Crippen LogP contribution >= 0.6 is 12.2 Å². The van der Waals surface area contributed by atoms with Crippen LogP contribution in [-0.2, 0) is 12.7 Å². The van der Waals surface area contributed by atoms with Crippen molar-refractivity contribution in [2.45, 2.75) is 38.4 Å². The topological polar surface area (TPSA) is 33.1 Å². The molecular weight excluding hydrogens is 397 g/mol. The first-order valence-electron chi connectivity index (χ1n) is 9.76. The third-order valence-corrected chi connectivity index (χ3v) is 5.38. The number of benzene rings is 1. The molecule has 1 N–H and O–H groups in total. The molecule has 8 heteroatoms. The molecule has 1 aromatic heterocycles. The third kappa shape index (κ3) is 6.32. The summed E-state index contributed by atoms with van der Waals surface area (Å²) in [6, 6.07) is 5.45. The van der Waals surface area contributed by atoms with Gasteiger partial charge in [-0.1, -0.05) is 24.3 Å². The zero-order valence-electron chi connectivity index (χ0n) is 16.1. The number of imidazole rings is 1. The predicted molar refractivity (Wildman–Crippen MR) is 113 cm³/mol. The average Bonchev–Trinajstić information content (AvgIpc) is 3.21. The molecule has 0 amide bonds. The first-order chi connectivity index (χ1) is 13.9. The maximum absolute atomic E-state index is 13.3. The largest absolute Gasteiger partial charge is 0.418 e. The number of aromatic nitrogens is 2. The summed E-state index contributed by atoms with van der Waals surface area (Å²) in [6.07, 6.45) is 9.19. The zero-order valence-corrected chi connectivity index (χ0v) is 16.9. The minimum atomic E-state index is -4.43. The van der Waals surface area contributed by atoms with E-state index in [1.165, 1.54) is 12.1 Å². The fourth-order valence-corrected chi connectivity index (χ4v) is 3.78. The van der Waals surface area contributed by atoms with E-state index in [0.717, 1.165) is 44.8 Å². The van der Waals surface area contributed by atoms with Crippen molar-refractivity contribution in [3.8, 4) is 0 Å². The van der Waals surface area contributed by atoms with Gasteiger partial charge in [0.15, 0.2) is 5.11 Å². The molecule has 1 aliphatic carbocycles. The van der Waals surface area contributed by atoms with E-state index in [0.29, 0.717) is 17.6 Å². The molecule has 0 fully saturated rings. The van der Waals surface area contributed by atoms with Crippen LogP contribution in [0.1, 0.15) is 31.2 Å². The lowest BCUT2D eigenvalue weighted by molar-refractivity contribution is -0.136. The van der Waals surface area contributed by atoms with Crippen molar-refractivity contribution in [2.75, 3.05) is 18.4 Å². The van der Waals surface area contributed by atoms with Crippen LogP contribution in [0.4, 0.5) is 18.9 Å². The molecule has 29 heavy (non-hydrogen) atoms. The average molecular weight is 423 g/mol. The summed E-state index contributed by atoms with van der Waals surface area (Å²) in [5, 5.41) is 3.19. The van der Waals surface area contributed by atoms with Crippen molar-refractivity contribution < 1.29 is 13.2 Å². The van der Waals surface area contributed by atoms with Gasteiger partial charge in [0, 0.05) is 32.0 Å². The van der Waals surface area contributed by atoms with Crippen LogP contribution in [0.2, 0.25) is 0 Å². The Bertz CT molecular complexity index is 818. The molecule has 4 nitrogen and oxygen atoms in total. The highest BCUT2D eigenvalue weighted by Gasteiger charge is 2.33. The molecule has 0 saturated carbocycles. The van der Waals surface area contributed by atoms with E-state index in [4.69, 9.17) is 12.2 Å². The number of alkyl halides is 3. The Balaban J connectivity index is 1.68. The second kappa shape index (κ2) is 9.91. The van der Waals surface area contributed by atoms with Gasteiger partial charge in [-0.3, -0.25) is 0 Å². The van der Waals surface area contributed by atoms with Gasteiger partial charge < -0.3 is 14.8 Å². The maximum Gasteiger partial charge on any atom is 0.418 e. The molecule has 3 rings (SSSR count). The summed E-state index contributed by atoms with van der Waals surface area (Å²) in [7, 11) is 0. The number of anilines is 1. The molecule has 0 aliphatic heterocycles. The highest BCUT2D eigenvalue weighted by Crippen LogP contribution is 2.34. The molecule has 0 spiro atoms. The van der Waals surface area contributed by atoms with E-state index in [-0.39, 0.29) is 5.69 Å². The van der Waals surface area contributed by atoms with E-state index in [9.17, 15) is 13.2 Å². The molecule has 2 aromatic rings. The van der Waals surface area contributed by atoms with Crippen molar-refractivity contribution in [1.29, 1.82) is 0 Å². The highest BCUT2D eigenvalue weighted by molar-refractivity contribution is 7.80. The van der Waals surface area contributed by atoms with E-state index in [1.54, 1.807) is 18.6 Å². The van der Waals surface area contributed by atoms with Gasteiger partial charge in [-0.05, 0) is 56.0 Å². The molecule has 0 radical (unpaired) electrons. The first kappa shape index (κ1) is 21.4. The molecule has 1 aromatic carbocycles. The lowest BCUT2D eigenvalue weighted by Gasteiger charge is -2.31. The van der Waals surface area contributed by atoms with Crippen molar-refractivity contribution in [1.82, 2.24) is 14.5 Å². The van der Waals surface area contributed by atoms with E-state index < -0.39 is 11.7 Å². The normalized spacial score (nSPS) is 16.6. The van der Waals surface area contributed by atoms with Gasteiger partial charge in [0.1, 0.15) is 0 Å². The zero-order chi connectivity index (χ0) is 20.7. The van der Waals surface area contributed by atoms with Crippen LogP contribution in [0.5, 0.6) is 0 Å². The predicted octanol–water partition coefficient (Wildman–Crippen LogP) is 5.35. The van der Waals surface area contributed by atoms with Crippen LogP contribution in [0.15, 0.2) is 55.1 Å². The quantitative estimate of drug-likeness (QED) is 0.482. The Hall–Kier alpha value is -2.35. The van der Waals surface area contributed by atoms with E-state index in [1.807, 2.05) is 15.7 Å². The number of nitrogens with zero attached hydrogens (tertiary/aromatic N) is 3. The Kier molecular flexibility index (Phi) is 7.30. The molecular formula is C21H25F3N4S. The molecule has 0 bridgehead atoms. The Morgan fingerprint density at radius 3 is 2.79 bits per heavy atom. The smallest absolute Gasteiger partial charge is 0.349 e. The van der Waals surface area contributed by atoms with Crippen LogP contribution in [0, 0.1) is 5.92 Å². The fourth-order valence-electron chi connectivity index (χ4n) is 3.51. The first-order valence-corrected chi connectivity index (χ1v) is 10.2. The number of thiocarbonyl (C=S) groups is 1. The molecule has 156 valence electrons. The van der Waals surface area contributed by atoms with Crippen LogP contribution < -0.4 is 5.32 Å². The number of rotatable bonds is 7. The highest BCUT2D eigenvalue weighted by atomic mass is 32.1. The third-order valence-electron chi connectivity index (χ3n) is 5.02. The van der Waals surface area contributed by atoms with Crippen LogP contribution in [0.3, 0.4) is 0 Å². The second-order valence-electron chi connectivity index (χ2n) is 7.22. The number of nitrogens with one attached hydrogen (secondary N) is 1. The van der Waals surface area contributed by atoms with E-state index in [2.05, 4.69) is 22.5 Å². The monoisotopic (exact) mass is 422 g/mol.